The Kier molecular flexibility index (Phi) is 5.39. The molecule has 3 aromatic rings. The van der Waals surface area contributed by atoms with Crippen molar-refractivity contribution < 1.29 is 14.3 Å². The molecule has 2 amide bonds. The van der Waals surface area contributed by atoms with Crippen LogP contribution in [-0.2, 0) is 0 Å². The van der Waals surface area contributed by atoms with E-state index in [4.69, 9.17) is 9.47 Å². The molecule has 1 aliphatic rings. The average Bonchev–Trinajstić information content (AvgIpc) is 2.75. The molecule has 0 unspecified atom stereocenters. The predicted molar refractivity (Wildman–Crippen MR) is 111 cm³/mol. The molecule has 0 aromatic heterocycles. The Morgan fingerprint density at radius 1 is 0.893 bits per heavy atom. The van der Waals surface area contributed by atoms with E-state index in [2.05, 4.69) is 5.32 Å². The third-order valence-corrected chi connectivity index (χ3v) is 5.47. The SMILES string of the molecule is COc1ccc(OCCNC(=O)N2c3ccccc3Sc3ccccc32)cc1. The van der Waals surface area contributed by atoms with Crippen LogP contribution in [0.25, 0.3) is 0 Å². The van der Waals surface area contributed by atoms with Crippen molar-refractivity contribution >= 4 is 29.2 Å². The first-order valence-electron chi connectivity index (χ1n) is 8.97. The standard InChI is InChI=1S/C22H20N2O3S/c1-26-16-10-12-17(13-11-16)27-15-14-23-22(25)24-18-6-2-4-8-20(18)28-21-9-5-3-7-19(21)24/h2-13H,14-15H2,1H3,(H,23,25). The topological polar surface area (TPSA) is 50.8 Å². The third-order valence-electron chi connectivity index (χ3n) is 4.34. The third kappa shape index (κ3) is 3.77. The number of ether oxygens (including phenoxy) is 2. The average molecular weight is 392 g/mol. The summed E-state index contributed by atoms with van der Waals surface area (Å²) >= 11 is 1.68. The zero-order chi connectivity index (χ0) is 19.3. The summed E-state index contributed by atoms with van der Waals surface area (Å²) in [5.41, 5.74) is 1.78. The number of amides is 2. The van der Waals surface area contributed by atoms with E-state index in [9.17, 15) is 4.79 Å². The Labute approximate surface area is 168 Å². The van der Waals surface area contributed by atoms with Gasteiger partial charge in [-0.25, -0.2) is 4.79 Å². The van der Waals surface area contributed by atoms with Crippen molar-refractivity contribution in [2.75, 3.05) is 25.2 Å². The lowest BCUT2D eigenvalue weighted by atomic mass is 10.2. The first kappa shape index (κ1) is 18.3. The number of nitrogens with one attached hydrogen (secondary N) is 1. The van der Waals surface area contributed by atoms with E-state index in [0.717, 1.165) is 32.7 Å². The zero-order valence-corrected chi connectivity index (χ0v) is 16.2. The molecule has 5 nitrogen and oxygen atoms in total. The van der Waals surface area contributed by atoms with Gasteiger partial charge in [0.15, 0.2) is 0 Å². The summed E-state index contributed by atoms with van der Waals surface area (Å²) in [5.74, 6) is 1.51. The predicted octanol–water partition coefficient (Wildman–Crippen LogP) is 5.09. The summed E-state index contributed by atoms with van der Waals surface area (Å²) in [7, 11) is 1.63. The summed E-state index contributed by atoms with van der Waals surface area (Å²) in [6.07, 6.45) is 0. The number of para-hydroxylation sites is 2. The van der Waals surface area contributed by atoms with Gasteiger partial charge in [0.1, 0.15) is 18.1 Å². The largest absolute Gasteiger partial charge is 0.497 e. The van der Waals surface area contributed by atoms with Gasteiger partial charge < -0.3 is 14.8 Å². The van der Waals surface area contributed by atoms with E-state index < -0.39 is 0 Å². The maximum atomic E-state index is 13.0. The number of methoxy groups -OCH3 is 1. The fraction of sp³-hybridized carbons (Fsp3) is 0.136. The number of nitrogens with zero attached hydrogens (tertiary/aromatic N) is 1. The van der Waals surface area contributed by atoms with Gasteiger partial charge in [0.2, 0.25) is 0 Å². The Morgan fingerprint density at radius 3 is 2.07 bits per heavy atom. The van der Waals surface area contributed by atoms with Crippen LogP contribution in [-0.4, -0.2) is 26.3 Å². The van der Waals surface area contributed by atoms with Crippen molar-refractivity contribution in [2.45, 2.75) is 9.79 Å². The molecule has 0 radical (unpaired) electrons. The van der Waals surface area contributed by atoms with Crippen molar-refractivity contribution in [2.24, 2.45) is 0 Å². The fourth-order valence-electron chi connectivity index (χ4n) is 3.00. The van der Waals surface area contributed by atoms with Crippen LogP contribution in [0.5, 0.6) is 11.5 Å². The number of carbonyl (C=O) groups excluding carboxylic acids is 1. The highest BCUT2D eigenvalue weighted by Gasteiger charge is 2.27. The minimum atomic E-state index is -0.168. The number of urea groups is 1. The van der Waals surface area contributed by atoms with Gasteiger partial charge in [-0.3, -0.25) is 4.90 Å². The van der Waals surface area contributed by atoms with Crippen LogP contribution in [0.2, 0.25) is 0 Å². The molecule has 1 heterocycles. The molecule has 0 atom stereocenters. The van der Waals surface area contributed by atoms with Gasteiger partial charge in [-0.1, -0.05) is 36.0 Å². The molecule has 0 saturated carbocycles. The summed E-state index contributed by atoms with van der Waals surface area (Å²) in [4.78, 5) is 16.8. The van der Waals surface area contributed by atoms with E-state index in [1.54, 1.807) is 23.8 Å². The summed E-state index contributed by atoms with van der Waals surface area (Å²) in [6, 6.07) is 23.0. The molecule has 28 heavy (non-hydrogen) atoms. The van der Waals surface area contributed by atoms with Gasteiger partial charge in [0.05, 0.1) is 25.0 Å². The second-order valence-electron chi connectivity index (χ2n) is 6.13. The Balaban J connectivity index is 1.42. The molecule has 142 valence electrons. The molecule has 0 saturated heterocycles. The highest BCUT2D eigenvalue weighted by atomic mass is 32.2. The minimum absolute atomic E-state index is 0.168. The maximum absolute atomic E-state index is 13.0. The Morgan fingerprint density at radius 2 is 1.46 bits per heavy atom. The van der Waals surface area contributed by atoms with Crippen LogP contribution in [0.15, 0.2) is 82.6 Å². The Bertz CT molecular complexity index is 930. The van der Waals surface area contributed by atoms with Gasteiger partial charge >= 0.3 is 6.03 Å². The number of rotatable bonds is 5. The maximum Gasteiger partial charge on any atom is 0.326 e. The minimum Gasteiger partial charge on any atom is -0.497 e. The van der Waals surface area contributed by atoms with E-state index in [-0.39, 0.29) is 6.03 Å². The molecule has 0 bridgehead atoms. The quantitative estimate of drug-likeness (QED) is 0.615. The van der Waals surface area contributed by atoms with Crippen LogP contribution in [0, 0.1) is 0 Å². The lowest BCUT2D eigenvalue weighted by molar-refractivity contribution is 0.243. The van der Waals surface area contributed by atoms with Crippen LogP contribution >= 0.6 is 11.8 Å². The second kappa shape index (κ2) is 8.27. The molecule has 3 aromatic carbocycles. The van der Waals surface area contributed by atoms with E-state index in [0.29, 0.717) is 13.2 Å². The van der Waals surface area contributed by atoms with Crippen LogP contribution < -0.4 is 19.7 Å². The van der Waals surface area contributed by atoms with Crippen LogP contribution in [0.4, 0.5) is 16.2 Å². The fourth-order valence-corrected chi connectivity index (χ4v) is 4.06. The van der Waals surface area contributed by atoms with Crippen molar-refractivity contribution in [1.29, 1.82) is 0 Å². The molecular formula is C22H20N2O3S. The summed E-state index contributed by atoms with van der Waals surface area (Å²) in [5, 5.41) is 2.96. The van der Waals surface area contributed by atoms with Crippen molar-refractivity contribution in [3.8, 4) is 11.5 Å². The van der Waals surface area contributed by atoms with Gasteiger partial charge in [-0.15, -0.1) is 0 Å². The van der Waals surface area contributed by atoms with Crippen molar-refractivity contribution in [3.63, 3.8) is 0 Å². The van der Waals surface area contributed by atoms with Gasteiger partial charge in [-0.05, 0) is 48.5 Å². The molecular weight excluding hydrogens is 372 g/mol. The number of hydrogen-bond donors (Lipinski definition) is 1. The number of benzene rings is 3. The van der Waals surface area contributed by atoms with E-state index in [1.165, 1.54) is 0 Å². The molecule has 0 fully saturated rings. The van der Waals surface area contributed by atoms with E-state index in [1.807, 2.05) is 72.8 Å². The van der Waals surface area contributed by atoms with Crippen molar-refractivity contribution in [3.05, 3.63) is 72.8 Å². The zero-order valence-electron chi connectivity index (χ0n) is 15.4. The Hall–Kier alpha value is -3.12. The molecule has 1 aliphatic heterocycles. The van der Waals surface area contributed by atoms with Gasteiger partial charge in [0, 0.05) is 9.79 Å². The second-order valence-corrected chi connectivity index (χ2v) is 7.21. The number of carbonyl (C=O) groups is 1. The summed E-state index contributed by atoms with van der Waals surface area (Å²) < 4.78 is 10.8. The first-order valence-corrected chi connectivity index (χ1v) is 9.78. The number of anilines is 2. The monoisotopic (exact) mass is 392 g/mol. The molecule has 6 heteroatoms. The normalized spacial score (nSPS) is 12.0. The smallest absolute Gasteiger partial charge is 0.326 e. The first-order chi connectivity index (χ1) is 13.8. The summed E-state index contributed by atoms with van der Waals surface area (Å²) in [6.45, 7) is 0.781. The van der Waals surface area contributed by atoms with Gasteiger partial charge in [0.25, 0.3) is 0 Å². The molecule has 4 rings (SSSR count). The van der Waals surface area contributed by atoms with Crippen molar-refractivity contribution in [1.82, 2.24) is 5.32 Å². The number of hydrogen-bond acceptors (Lipinski definition) is 4. The van der Waals surface area contributed by atoms with Crippen LogP contribution in [0.1, 0.15) is 0 Å². The molecule has 1 N–H and O–H groups in total. The number of fused-ring (bicyclic) bond motifs is 2. The lowest BCUT2D eigenvalue weighted by Gasteiger charge is -2.31. The molecule has 0 aliphatic carbocycles. The van der Waals surface area contributed by atoms with Gasteiger partial charge in [-0.2, -0.15) is 0 Å². The highest BCUT2D eigenvalue weighted by Crippen LogP contribution is 2.47. The van der Waals surface area contributed by atoms with Crippen LogP contribution in [0.3, 0.4) is 0 Å². The highest BCUT2D eigenvalue weighted by molar-refractivity contribution is 7.99. The van der Waals surface area contributed by atoms with E-state index >= 15 is 0 Å². The molecule has 0 spiro atoms. The lowest BCUT2D eigenvalue weighted by Crippen LogP contribution is -2.40.